The molecule has 0 atom stereocenters. The Bertz CT molecular complexity index is 632. The number of nitrogens with zero attached hydrogens (tertiary/aromatic N) is 2. The fourth-order valence-electron chi connectivity index (χ4n) is 2.98. The van der Waals surface area contributed by atoms with Gasteiger partial charge in [-0.25, -0.2) is 9.37 Å². The third-order valence-corrected chi connectivity index (χ3v) is 3.94. The van der Waals surface area contributed by atoms with Crippen molar-refractivity contribution >= 4 is 11.0 Å². The zero-order valence-electron chi connectivity index (χ0n) is 11.4. The van der Waals surface area contributed by atoms with E-state index in [0.717, 1.165) is 29.9 Å². The van der Waals surface area contributed by atoms with Crippen molar-refractivity contribution in [2.24, 2.45) is 0 Å². The van der Waals surface area contributed by atoms with Crippen molar-refractivity contribution in [1.29, 1.82) is 0 Å². The lowest BCUT2D eigenvalue weighted by Gasteiger charge is -2.35. The molecular formula is C14H17FN2O2. The van der Waals surface area contributed by atoms with Gasteiger partial charge < -0.3 is 14.0 Å². The van der Waals surface area contributed by atoms with E-state index in [2.05, 4.69) is 16.5 Å². The van der Waals surface area contributed by atoms with Gasteiger partial charge in [-0.1, -0.05) is 6.92 Å². The Morgan fingerprint density at radius 1 is 1.37 bits per heavy atom. The molecular weight excluding hydrogens is 247 g/mol. The minimum absolute atomic E-state index is 0.310. The van der Waals surface area contributed by atoms with E-state index in [-0.39, 0.29) is 5.82 Å². The first-order valence-electron chi connectivity index (χ1n) is 6.44. The van der Waals surface area contributed by atoms with Crippen LogP contribution in [0.4, 0.5) is 4.39 Å². The monoisotopic (exact) mass is 264 g/mol. The molecule has 4 nitrogen and oxygen atoms in total. The topological polar surface area (TPSA) is 36.3 Å². The maximum Gasteiger partial charge on any atom is 0.198 e. The summed E-state index contributed by atoms with van der Waals surface area (Å²) >= 11 is 0. The Hall–Kier alpha value is -1.46. The normalized spacial score (nSPS) is 17.1. The highest BCUT2D eigenvalue weighted by atomic mass is 19.1. The minimum atomic E-state index is -0.874. The van der Waals surface area contributed by atoms with Crippen molar-refractivity contribution in [3.8, 4) is 0 Å². The molecule has 1 aliphatic rings. The zero-order valence-corrected chi connectivity index (χ0v) is 11.4. The smallest absolute Gasteiger partial charge is 0.198 e. The molecule has 1 aromatic carbocycles. The molecule has 0 saturated carbocycles. The van der Waals surface area contributed by atoms with Crippen LogP contribution in [0.2, 0.25) is 0 Å². The predicted octanol–water partition coefficient (Wildman–Crippen LogP) is 2.59. The van der Waals surface area contributed by atoms with Crippen LogP contribution in [0.1, 0.15) is 24.7 Å². The largest absolute Gasteiger partial charge is 0.349 e. The van der Waals surface area contributed by atoms with E-state index in [1.165, 1.54) is 12.1 Å². The lowest BCUT2D eigenvalue weighted by molar-refractivity contribution is -0.223. The van der Waals surface area contributed by atoms with Gasteiger partial charge in [0.25, 0.3) is 0 Å². The fourth-order valence-corrected chi connectivity index (χ4v) is 2.98. The first kappa shape index (κ1) is 12.6. The highest BCUT2D eigenvalue weighted by Crippen LogP contribution is 2.40. The Labute approximate surface area is 111 Å². The number of aromatic nitrogens is 2. The number of hydrogen-bond acceptors (Lipinski definition) is 3. The van der Waals surface area contributed by atoms with Crippen LogP contribution in [0, 0.1) is 5.82 Å². The number of ether oxygens (including phenoxy) is 2. The van der Waals surface area contributed by atoms with Crippen LogP contribution in [0.3, 0.4) is 0 Å². The van der Waals surface area contributed by atoms with Crippen LogP contribution in [-0.4, -0.2) is 23.8 Å². The molecule has 0 aliphatic carbocycles. The number of halogens is 1. The van der Waals surface area contributed by atoms with Gasteiger partial charge in [0.2, 0.25) is 0 Å². The van der Waals surface area contributed by atoms with Gasteiger partial charge in [-0.15, -0.1) is 0 Å². The van der Waals surface area contributed by atoms with Crippen LogP contribution in [0.5, 0.6) is 0 Å². The van der Waals surface area contributed by atoms with E-state index in [0.29, 0.717) is 11.9 Å². The summed E-state index contributed by atoms with van der Waals surface area (Å²) in [6, 6.07) is 2.96. The average Bonchev–Trinajstić information content (AvgIpc) is 2.78. The molecule has 1 aliphatic heterocycles. The fraction of sp³-hybridized carbons (Fsp3) is 0.500. The second kappa shape index (κ2) is 4.28. The van der Waals surface area contributed by atoms with Gasteiger partial charge in [-0.05, 0) is 6.07 Å². The van der Waals surface area contributed by atoms with Crippen LogP contribution in [0.25, 0.3) is 11.0 Å². The minimum Gasteiger partial charge on any atom is -0.349 e. The third-order valence-electron chi connectivity index (χ3n) is 3.94. The van der Waals surface area contributed by atoms with Gasteiger partial charge in [0, 0.05) is 45.2 Å². The number of hydrogen-bond donors (Lipinski definition) is 0. The molecule has 0 amide bonds. The molecule has 1 aromatic heterocycles. The second-order valence-corrected chi connectivity index (χ2v) is 4.77. The summed E-state index contributed by atoms with van der Waals surface area (Å²) in [4.78, 5) is 4.51. The average molecular weight is 264 g/mol. The van der Waals surface area contributed by atoms with E-state index in [1.807, 2.05) is 0 Å². The summed E-state index contributed by atoms with van der Waals surface area (Å²) in [5.74, 6) is -0.209. The summed E-state index contributed by atoms with van der Waals surface area (Å²) in [5.41, 5.74) is 2.32. The molecule has 2 heterocycles. The van der Waals surface area contributed by atoms with Crippen LogP contribution in [-0.2, 0) is 28.2 Å². The van der Waals surface area contributed by atoms with E-state index in [9.17, 15) is 4.39 Å². The van der Waals surface area contributed by atoms with E-state index < -0.39 is 5.79 Å². The molecule has 19 heavy (non-hydrogen) atoms. The van der Waals surface area contributed by atoms with Crippen molar-refractivity contribution in [2.45, 2.75) is 32.1 Å². The lowest BCUT2D eigenvalue weighted by atomic mass is 9.97. The summed E-state index contributed by atoms with van der Waals surface area (Å²) in [6.07, 6.45) is 1.47. The van der Waals surface area contributed by atoms with Crippen molar-refractivity contribution in [1.82, 2.24) is 9.55 Å². The van der Waals surface area contributed by atoms with Crippen LogP contribution >= 0.6 is 0 Å². The molecule has 0 spiro atoms. The SMILES string of the molecule is CCc1nc2cc(F)cc3c2n1CCC3(OC)OC. The molecule has 102 valence electrons. The van der Waals surface area contributed by atoms with E-state index in [1.54, 1.807) is 14.2 Å². The Morgan fingerprint density at radius 3 is 2.74 bits per heavy atom. The number of rotatable bonds is 3. The summed E-state index contributed by atoms with van der Waals surface area (Å²) in [5, 5.41) is 0. The Kier molecular flexibility index (Phi) is 2.83. The number of imidazole rings is 1. The van der Waals surface area contributed by atoms with Gasteiger partial charge >= 0.3 is 0 Å². The number of benzene rings is 1. The zero-order chi connectivity index (χ0) is 13.6. The van der Waals surface area contributed by atoms with Gasteiger partial charge in [0.15, 0.2) is 5.79 Å². The maximum atomic E-state index is 13.8. The molecule has 0 saturated heterocycles. The first-order chi connectivity index (χ1) is 9.15. The lowest BCUT2D eigenvalue weighted by Crippen LogP contribution is -2.36. The molecule has 0 unspecified atom stereocenters. The molecule has 3 rings (SSSR count). The molecule has 0 radical (unpaired) electrons. The van der Waals surface area contributed by atoms with E-state index >= 15 is 0 Å². The summed E-state index contributed by atoms with van der Waals surface area (Å²) in [6.45, 7) is 2.81. The Balaban J connectivity index is 2.38. The van der Waals surface area contributed by atoms with Crippen LogP contribution in [0.15, 0.2) is 12.1 Å². The van der Waals surface area contributed by atoms with E-state index in [4.69, 9.17) is 9.47 Å². The quantitative estimate of drug-likeness (QED) is 0.799. The molecule has 0 fully saturated rings. The third kappa shape index (κ3) is 1.61. The van der Waals surface area contributed by atoms with Crippen molar-refractivity contribution in [3.05, 3.63) is 29.3 Å². The second-order valence-electron chi connectivity index (χ2n) is 4.77. The standard InChI is InChI=1S/C14H17FN2O2/c1-4-12-16-11-8-9(15)7-10-13(11)17(12)6-5-14(10,18-2)19-3/h7-8H,4-6H2,1-3H3. The summed E-state index contributed by atoms with van der Waals surface area (Å²) < 4.78 is 27.0. The van der Waals surface area contributed by atoms with Crippen molar-refractivity contribution in [2.75, 3.05) is 14.2 Å². The predicted molar refractivity (Wildman–Crippen MR) is 69.4 cm³/mol. The van der Waals surface area contributed by atoms with Crippen molar-refractivity contribution < 1.29 is 13.9 Å². The number of methoxy groups -OCH3 is 2. The molecule has 0 N–H and O–H groups in total. The number of aryl methyl sites for hydroxylation is 2. The van der Waals surface area contributed by atoms with Gasteiger partial charge in [0.1, 0.15) is 11.6 Å². The van der Waals surface area contributed by atoms with Crippen LogP contribution < -0.4 is 0 Å². The molecule has 5 heteroatoms. The van der Waals surface area contributed by atoms with Gasteiger partial charge in [-0.2, -0.15) is 0 Å². The highest BCUT2D eigenvalue weighted by Gasteiger charge is 2.39. The first-order valence-corrected chi connectivity index (χ1v) is 6.44. The van der Waals surface area contributed by atoms with Gasteiger partial charge in [-0.3, -0.25) is 0 Å². The summed E-state index contributed by atoms with van der Waals surface area (Å²) in [7, 11) is 3.18. The van der Waals surface area contributed by atoms with Crippen molar-refractivity contribution in [3.63, 3.8) is 0 Å². The maximum absolute atomic E-state index is 13.8. The molecule has 2 aromatic rings. The Morgan fingerprint density at radius 2 is 2.11 bits per heavy atom. The van der Waals surface area contributed by atoms with Gasteiger partial charge in [0.05, 0.1) is 11.0 Å². The highest BCUT2D eigenvalue weighted by molar-refractivity contribution is 5.81. The molecule has 0 bridgehead atoms.